The molecule has 0 bridgehead atoms. The quantitative estimate of drug-likeness (QED) is 0.702. The number of rotatable bonds is 7. The van der Waals surface area contributed by atoms with E-state index in [0.29, 0.717) is 0 Å². The van der Waals surface area contributed by atoms with Gasteiger partial charge in [-0.05, 0) is 25.8 Å². The average Bonchev–Trinajstić information content (AvgIpc) is 2.94. The summed E-state index contributed by atoms with van der Waals surface area (Å²) in [6, 6.07) is 1.49. The van der Waals surface area contributed by atoms with Crippen LogP contribution >= 0.6 is 0 Å². The third-order valence-electron chi connectivity index (χ3n) is 4.55. The van der Waals surface area contributed by atoms with Gasteiger partial charge in [0.1, 0.15) is 0 Å². The molecule has 2 unspecified atom stereocenters. The van der Waals surface area contributed by atoms with Crippen LogP contribution < -0.4 is 5.32 Å². The lowest BCUT2D eigenvalue weighted by Gasteiger charge is -2.33. The van der Waals surface area contributed by atoms with E-state index in [-0.39, 0.29) is 0 Å². The van der Waals surface area contributed by atoms with Gasteiger partial charge >= 0.3 is 0 Å². The zero-order chi connectivity index (χ0) is 13.5. The molecule has 1 N–H and O–H groups in total. The highest BCUT2D eigenvalue weighted by molar-refractivity contribution is 4.88. The first-order valence-electron chi connectivity index (χ1n) is 8.11. The van der Waals surface area contributed by atoms with Crippen molar-refractivity contribution in [1.29, 1.82) is 0 Å². The molecule has 2 aliphatic rings. The maximum atomic E-state index is 5.45. The summed E-state index contributed by atoms with van der Waals surface area (Å²) in [5.41, 5.74) is 0. The van der Waals surface area contributed by atoms with Crippen molar-refractivity contribution < 1.29 is 4.74 Å². The second-order valence-electron chi connectivity index (χ2n) is 5.85. The fourth-order valence-electron chi connectivity index (χ4n) is 3.32. The fourth-order valence-corrected chi connectivity index (χ4v) is 3.32. The first-order chi connectivity index (χ1) is 9.35. The lowest BCUT2D eigenvalue weighted by molar-refractivity contribution is 0.0175. The van der Waals surface area contributed by atoms with Crippen LogP contribution in [0.1, 0.15) is 33.1 Å². The summed E-state index contributed by atoms with van der Waals surface area (Å²) < 4.78 is 5.45. The Balaban J connectivity index is 1.75. The summed E-state index contributed by atoms with van der Waals surface area (Å²) >= 11 is 0. The van der Waals surface area contributed by atoms with Crippen LogP contribution in [0, 0.1) is 0 Å². The van der Waals surface area contributed by atoms with Gasteiger partial charge in [0.2, 0.25) is 0 Å². The summed E-state index contributed by atoms with van der Waals surface area (Å²) in [5.74, 6) is 0. The van der Waals surface area contributed by atoms with Crippen molar-refractivity contribution >= 4 is 0 Å². The van der Waals surface area contributed by atoms with Gasteiger partial charge < -0.3 is 10.1 Å². The van der Waals surface area contributed by atoms with Gasteiger partial charge in [-0.2, -0.15) is 0 Å². The number of hydrogen-bond acceptors (Lipinski definition) is 4. The zero-order valence-corrected chi connectivity index (χ0v) is 12.7. The molecule has 2 rings (SSSR count). The molecule has 19 heavy (non-hydrogen) atoms. The molecule has 0 aliphatic carbocycles. The van der Waals surface area contributed by atoms with E-state index in [1.54, 1.807) is 0 Å². The molecule has 0 spiro atoms. The number of ether oxygens (including phenoxy) is 1. The predicted octanol–water partition coefficient (Wildman–Crippen LogP) is 1.17. The zero-order valence-electron chi connectivity index (χ0n) is 12.7. The molecule has 112 valence electrons. The number of hydrogen-bond donors (Lipinski definition) is 1. The van der Waals surface area contributed by atoms with Crippen molar-refractivity contribution in [2.75, 3.05) is 52.5 Å². The topological polar surface area (TPSA) is 27.7 Å². The van der Waals surface area contributed by atoms with Crippen LogP contribution in [-0.2, 0) is 4.74 Å². The lowest BCUT2D eigenvalue weighted by atomic mass is 10.2. The third-order valence-corrected chi connectivity index (χ3v) is 4.55. The smallest absolute Gasteiger partial charge is 0.0594 e. The van der Waals surface area contributed by atoms with E-state index in [2.05, 4.69) is 29.0 Å². The third kappa shape index (κ3) is 4.42. The van der Waals surface area contributed by atoms with Gasteiger partial charge in [-0.1, -0.05) is 13.8 Å². The normalized spacial score (nSPS) is 27.8. The molecule has 0 amide bonds. The van der Waals surface area contributed by atoms with Gasteiger partial charge in [0.15, 0.2) is 0 Å². The minimum atomic E-state index is 0.720. The van der Waals surface area contributed by atoms with Crippen molar-refractivity contribution in [3.05, 3.63) is 0 Å². The van der Waals surface area contributed by atoms with Crippen molar-refractivity contribution in [2.24, 2.45) is 0 Å². The summed E-state index contributed by atoms with van der Waals surface area (Å²) in [5, 5.41) is 3.58. The summed E-state index contributed by atoms with van der Waals surface area (Å²) in [4.78, 5) is 5.33. The second kappa shape index (κ2) is 8.20. The van der Waals surface area contributed by atoms with Gasteiger partial charge in [0, 0.05) is 44.8 Å². The molecule has 4 heteroatoms. The molecule has 2 atom stereocenters. The minimum Gasteiger partial charge on any atom is -0.379 e. The Bertz CT molecular complexity index is 244. The largest absolute Gasteiger partial charge is 0.379 e. The van der Waals surface area contributed by atoms with Gasteiger partial charge in [-0.25, -0.2) is 0 Å². The molecule has 4 nitrogen and oxygen atoms in total. The molecule has 2 saturated heterocycles. The van der Waals surface area contributed by atoms with E-state index in [1.165, 1.54) is 32.4 Å². The molecular formula is C15H31N3O. The van der Waals surface area contributed by atoms with E-state index in [4.69, 9.17) is 4.74 Å². The molecule has 2 fully saturated rings. The first kappa shape index (κ1) is 15.2. The van der Waals surface area contributed by atoms with Crippen molar-refractivity contribution in [3.63, 3.8) is 0 Å². The summed E-state index contributed by atoms with van der Waals surface area (Å²) in [6.07, 6.45) is 3.82. The Labute approximate surface area is 118 Å². The summed E-state index contributed by atoms with van der Waals surface area (Å²) in [7, 11) is 0. The highest BCUT2D eigenvalue weighted by atomic mass is 16.5. The number of nitrogens with one attached hydrogen (secondary N) is 1. The Hall–Kier alpha value is -0.160. The monoisotopic (exact) mass is 269 g/mol. The standard InChI is InChI=1S/C15H31N3O/c1-3-6-16-12-14(4-2)18-7-5-15(13-18)17-8-10-19-11-9-17/h14-16H,3-13H2,1-2H3. The van der Waals surface area contributed by atoms with Crippen LogP contribution in [0.3, 0.4) is 0 Å². The first-order valence-corrected chi connectivity index (χ1v) is 8.11. The van der Waals surface area contributed by atoms with E-state index >= 15 is 0 Å². The Morgan fingerprint density at radius 1 is 1.21 bits per heavy atom. The molecule has 0 aromatic heterocycles. The van der Waals surface area contributed by atoms with Gasteiger partial charge in [0.25, 0.3) is 0 Å². The van der Waals surface area contributed by atoms with Crippen LogP contribution in [0.15, 0.2) is 0 Å². The van der Waals surface area contributed by atoms with Crippen LogP contribution in [-0.4, -0.2) is 74.4 Å². The van der Waals surface area contributed by atoms with Crippen molar-refractivity contribution in [1.82, 2.24) is 15.1 Å². The number of nitrogens with zero attached hydrogens (tertiary/aromatic N) is 2. The second-order valence-corrected chi connectivity index (χ2v) is 5.85. The fraction of sp³-hybridized carbons (Fsp3) is 1.00. The maximum Gasteiger partial charge on any atom is 0.0594 e. The maximum absolute atomic E-state index is 5.45. The van der Waals surface area contributed by atoms with E-state index in [9.17, 15) is 0 Å². The van der Waals surface area contributed by atoms with Gasteiger partial charge in [0.05, 0.1) is 13.2 Å². The minimum absolute atomic E-state index is 0.720. The molecule has 2 aliphatic heterocycles. The van der Waals surface area contributed by atoms with E-state index in [0.717, 1.165) is 51.5 Å². The molecule has 2 heterocycles. The molecule has 0 saturated carbocycles. The Morgan fingerprint density at radius 2 is 2.00 bits per heavy atom. The van der Waals surface area contributed by atoms with Crippen LogP contribution in [0.25, 0.3) is 0 Å². The Kier molecular flexibility index (Phi) is 6.57. The van der Waals surface area contributed by atoms with Crippen molar-refractivity contribution in [2.45, 2.75) is 45.2 Å². The summed E-state index contributed by atoms with van der Waals surface area (Å²) in [6.45, 7) is 13.5. The van der Waals surface area contributed by atoms with E-state index < -0.39 is 0 Å². The lowest BCUT2D eigenvalue weighted by Crippen LogP contribution is -2.46. The van der Waals surface area contributed by atoms with Crippen molar-refractivity contribution in [3.8, 4) is 0 Å². The highest BCUT2D eigenvalue weighted by Gasteiger charge is 2.31. The van der Waals surface area contributed by atoms with Crippen LogP contribution in [0.4, 0.5) is 0 Å². The molecule has 0 aromatic rings. The molecule has 0 aromatic carbocycles. The predicted molar refractivity (Wildman–Crippen MR) is 79.6 cm³/mol. The number of likely N-dealkylation sites (tertiary alicyclic amines) is 1. The van der Waals surface area contributed by atoms with E-state index in [1.807, 2.05) is 0 Å². The number of morpholine rings is 1. The molecular weight excluding hydrogens is 238 g/mol. The Morgan fingerprint density at radius 3 is 2.68 bits per heavy atom. The average molecular weight is 269 g/mol. The highest BCUT2D eigenvalue weighted by Crippen LogP contribution is 2.20. The van der Waals surface area contributed by atoms with Gasteiger partial charge in [-0.15, -0.1) is 0 Å². The van der Waals surface area contributed by atoms with Crippen LogP contribution in [0.2, 0.25) is 0 Å². The van der Waals surface area contributed by atoms with Gasteiger partial charge in [-0.3, -0.25) is 9.80 Å². The van der Waals surface area contributed by atoms with Crippen LogP contribution in [0.5, 0.6) is 0 Å². The SMILES string of the molecule is CCCNCC(CC)N1CCC(N2CCOCC2)C1. The molecule has 0 radical (unpaired) electrons.